The van der Waals surface area contributed by atoms with Gasteiger partial charge in [-0.15, -0.1) is 0 Å². The van der Waals surface area contributed by atoms with Crippen LogP contribution in [0.1, 0.15) is 18.4 Å². The Kier molecular flexibility index (Phi) is 5.20. The second kappa shape index (κ2) is 6.36. The Morgan fingerprint density at radius 1 is 1.27 bits per heavy atom. The summed E-state index contributed by atoms with van der Waals surface area (Å²) in [5.41, 5.74) is -0.321. The van der Waals surface area contributed by atoms with Crippen molar-refractivity contribution >= 4 is 11.6 Å². The van der Waals surface area contributed by atoms with Gasteiger partial charge in [-0.25, -0.2) is 8.96 Å². The van der Waals surface area contributed by atoms with Gasteiger partial charge in [0.2, 0.25) is 0 Å². The van der Waals surface area contributed by atoms with E-state index in [1.807, 2.05) is 0 Å². The van der Waals surface area contributed by atoms with Gasteiger partial charge < -0.3 is 10.1 Å². The molecule has 0 aromatic carbocycles. The van der Waals surface area contributed by atoms with E-state index in [1.165, 1.54) is 0 Å². The molecule has 0 unspecified atom stereocenters. The second-order valence-electron chi connectivity index (χ2n) is 4.42. The van der Waals surface area contributed by atoms with Crippen LogP contribution in [0, 0.1) is 10.1 Å². The van der Waals surface area contributed by atoms with E-state index in [9.17, 15) is 41.3 Å². The molecule has 0 bridgehead atoms. The van der Waals surface area contributed by atoms with E-state index in [0.717, 1.165) is 12.3 Å². The first-order chi connectivity index (χ1) is 9.99. The summed E-state index contributed by atoms with van der Waals surface area (Å²) < 4.78 is 74.3. The molecule has 0 spiro atoms. The number of hydrogen-bond acceptors (Lipinski definition) is 3. The molecule has 0 amide bonds. The SMILES string of the molecule is O=C(CCC(F)(F)C(F)(F)F)Cn1ccc(C[18F])c1[N+](=O)[O-]. The largest absolute Gasteiger partial charge is 0.453 e. The summed E-state index contributed by atoms with van der Waals surface area (Å²) in [6.07, 6.45) is -7.64. The first-order valence-electron chi connectivity index (χ1n) is 5.84. The molecule has 11 heteroatoms. The number of hydrogen-bond donors (Lipinski definition) is 0. The molecule has 1 aromatic heterocycles. The first kappa shape index (κ1) is 18.0. The van der Waals surface area contributed by atoms with Crippen molar-refractivity contribution in [2.75, 3.05) is 0 Å². The lowest BCUT2D eigenvalue weighted by molar-refractivity contribution is -0.392. The molecule has 0 N–H and O–H groups in total. The molecule has 0 saturated heterocycles. The summed E-state index contributed by atoms with van der Waals surface area (Å²) >= 11 is 0. The maximum absolute atomic E-state index is 12.7. The summed E-state index contributed by atoms with van der Waals surface area (Å²) in [5.74, 6) is -6.82. The molecular weight excluding hydrogens is 321 g/mol. The fourth-order valence-electron chi connectivity index (χ4n) is 1.67. The van der Waals surface area contributed by atoms with Crippen molar-refractivity contribution in [2.24, 2.45) is 0 Å². The number of rotatable bonds is 7. The topological polar surface area (TPSA) is 65.1 Å². The number of ketones is 1. The van der Waals surface area contributed by atoms with E-state index in [2.05, 4.69) is 0 Å². The molecule has 1 aromatic rings. The van der Waals surface area contributed by atoms with E-state index < -0.39 is 54.7 Å². The highest BCUT2D eigenvalue weighted by Crippen LogP contribution is 2.38. The van der Waals surface area contributed by atoms with Gasteiger partial charge in [0.1, 0.15) is 13.2 Å². The van der Waals surface area contributed by atoms with Crippen molar-refractivity contribution in [2.45, 2.75) is 38.2 Å². The fourth-order valence-corrected chi connectivity index (χ4v) is 1.67. The average molecular weight is 331 g/mol. The number of nitrogens with zero attached hydrogens (tertiary/aromatic N) is 2. The van der Waals surface area contributed by atoms with Gasteiger partial charge in [0, 0.05) is 12.8 Å². The van der Waals surface area contributed by atoms with Crippen LogP contribution in [0.4, 0.5) is 32.2 Å². The highest BCUT2D eigenvalue weighted by atomic mass is 19.4. The number of carbonyl (C=O) groups is 1. The van der Waals surface area contributed by atoms with Gasteiger partial charge >= 0.3 is 17.9 Å². The van der Waals surface area contributed by atoms with Crippen molar-refractivity contribution in [1.82, 2.24) is 4.57 Å². The zero-order chi connectivity index (χ0) is 17.1. The minimum atomic E-state index is -5.77. The lowest BCUT2D eigenvalue weighted by Crippen LogP contribution is -2.36. The number of carbonyl (C=O) groups excluding carboxylic acids is 1. The molecule has 0 atom stereocenters. The lowest BCUT2D eigenvalue weighted by Gasteiger charge is -2.18. The van der Waals surface area contributed by atoms with Gasteiger partial charge in [0.25, 0.3) is 0 Å². The molecule has 0 aliphatic carbocycles. The third-order valence-corrected chi connectivity index (χ3v) is 2.81. The summed E-state index contributed by atoms with van der Waals surface area (Å²) in [5, 5.41) is 10.7. The van der Waals surface area contributed by atoms with Crippen LogP contribution in [0.3, 0.4) is 0 Å². The van der Waals surface area contributed by atoms with Crippen LogP contribution in [0.15, 0.2) is 12.3 Å². The maximum atomic E-state index is 12.7. The standard InChI is InChI=1S/C11H10F6N2O3/c12-5-7-2-4-18(9(7)19(21)22)6-8(20)1-3-10(13,14)11(15,16)17/h2,4H,1,3,5-6H2/i12-1. The van der Waals surface area contributed by atoms with E-state index in [1.54, 1.807) is 0 Å². The molecule has 0 radical (unpaired) electrons. The van der Waals surface area contributed by atoms with Crippen molar-refractivity contribution in [1.29, 1.82) is 0 Å². The molecule has 1 heterocycles. The summed E-state index contributed by atoms with van der Waals surface area (Å²) in [4.78, 5) is 21.2. The molecule has 5 nitrogen and oxygen atoms in total. The number of halogens is 6. The maximum Gasteiger partial charge on any atom is 0.453 e. The Bertz CT molecular complexity index is 567. The Balaban J connectivity index is 2.75. The van der Waals surface area contributed by atoms with Gasteiger partial charge in [0.05, 0.1) is 11.8 Å². The number of alkyl halides is 6. The van der Waals surface area contributed by atoms with E-state index in [0.29, 0.717) is 4.57 Å². The molecular formula is C11H10F6N2O3. The predicted molar refractivity (Wildman–Crippen MR) is 61.1 cm³/mol. The monoisotopic (exact) mass is 331 g/mol. The van der Waals surface area contributed by atoms with Crippen LogP contribution >= 0.6 is 0 Å². The Hall–Kier alpha value is -2.07. The van der Waals surface area contributed by atoms with Crippen LogP contribution in [-0.2, 0) is 18.0 Å². The molecule has 22 heavy (non-hydrogen) atoms. The minimum absolute atomic E-state index is 0.321. The lowest BCUT2D eigenvalue weighted by atomic mass is 10.1. The second-order valence-corrected chi connectivity index (χ2v) is 4.42. The van der Waals surface area contributed by atoms with Crippen molar-refractivity contribution in [3.63, 3.8) is 0 Å². The number of Topliss-reactive ketones (excluding diaryl/α,β-unsaturated/α-hetero) is 1. The van der Waals surface area contributed by atoms with Crippen molar-refractivity contribution < 1.29 is 36.1 Å². The summed E-state index contributed by atoms with van der Waals surface area (Å²) in [6, 6.07) is 1.02. The average Bonchev–Trinajstić information content (AvgIpc) is 2.78. The minimum Gasteiger partial charge on any atom is -0.358 e. The summed E-state index contributed by atoms with van der Waals surface area (Å²) in [7, 11) is 0. The molecule has 0 aliphatic heterocycles. The highest BCUT2D eigenvalue weighted by molar-refractivity contribution is 5.78. The summed E-state index contributed by atoms with van der Waals surface area (Å²) in [6.45, 7) is -1.96. The fraction of sp³-hybridized carbons (Fsp3) is 0.545. The third-order valence-electron chi connectivity index (χ3n) is 2.81. The van der Waals surface area contributed by atoms with E-state index in [4.69, 9.17) is 0 Å². The van der Waals surface area contributed by atoms with Crippen LogP contribution < -0.4 is 0 Å². The van der Waals surface area contributed by atoms with Crippen LogP contribution in [0.25, 0.3) is 0 Å². The van der Waals surface area contributed by atoms with Crippen LogP contribution in [0.5, 0.6) is 0 Å². The van der Waals surface area contributed by atoms with Gasteiger partial charge in [0.15, 0.2) is 5.78 Å². The molecule has 0 saturated carbocycles. The Labute approximate surface area is 119 Å². The third kappa shape index (κ3) is 3.98. The molecule has 0 aliphatic rings. The van der Waals surface area contributed by atoms with Gasteiger partial charge in [-0.1, -0.05) is 0 Å². The van der Waals surface area contributed by atoms with Gasteiger partial charge in [-0.05, 0) is 11.0 Å². The smallest absolute Gasteiger partial charge is 0.358 e. The zero-order valence-electron chi connectivity index (χ0n) is 10.9. The van der Waals surface area contributed by atoms with Gasteiger partial charge in [-0.3, -0.25) is 4.79 Å². The molecule has 0 fully saturated rings. The molecule has 124 valence electrons. The number of aromatic nitrogens is 1. The molecule has 1 rings (SSSR count). The zero-order valence-corrected chi connectivity index (χ0v) is 10.9. The van der Waals surface area contributed by atoms with Crippen molar-refractivity contribution in [3.05, 3.63) is 27.9 Å². The van der Waals surface area contributed by atoms with Crippen molar-refractivity contribution in [3.8, 4) is 0 Å². The predicted octanol–water partition coefficient (Wildman–Crippen LogP) is 3.41. The van der Waals surface area contributed by atoms with Gasteiger partial charge in [-0.2, -0.15) is 22.0 Å². The normalized spacial score (nSPS) is 12.5. The first-order valence-corrected chi connectivity index (χ1v) is 5.84. The van der Waals surface area contributed by atoms with Crippen LogP contribution in [0.2, 0.25) is 0 Å². The van der Waals surface area contributed by atoms with E-state index in [-0.39, 0.29) is 5.56 Å². The van der Waals surface area contributed by atoms with E-state index >= 15 is 0 Å². The number of nitro groups is 1. The highest BCUT2D eigenvalue weighted by Gasteiger charge is 2.56. The Morgan fingerprint density at radius 3 is 2.32 bits per heavy atom. The quantitative estimate of drug-likeness (QED) is 0.437. The Morgan fingerprint density at radius 2 is 1.86 bits per heavy atom. The van der Waals surface area contributed by atoms with Crippen LogP contribution in [-0.4, -0.2) is 27.4 Å².